The van der Waals surface area contributed by atoms with E-state index in [0.29, 0.717) is 12.0 Å². The first-order valence-corrected chi connectivity index (χ1v) is 9.59. The molecule has 3 saturated heterocycles. The second-order valence-corrected chi connectivity index (χ2v) is 7.49. The van der Waals surface area contributed by atoms with Gasteiger partial charge < -0.3 is 15.5 Å². The van der Waals surface area contributed by atoms with Crippen LogP contribution in [0.1, 0.15) is 12.8 Å². The maximum Gasteiger partial charge on any atom is 0.322 e. The van der Waals surface area contributed by atoms with Gasteiger partial charge in [0.1, 0.15) is 6.33 Å². The molecule has 0 unspecified atom stereocenters. The van der Waals surface area contributed by atoms with Crippen LogP contribution in [-0.4, -0.2) is 46.2 Å². The van der Waals surface area contributed by atoms with Crippen molar-refractivity contribution in [2.45, 2.75) is 18.9 Å². The van der Waals surface area contributed by atoms with Crippen molar-refractivity contribution in [3.8, 4) is 5.69 Å². The first-order chi connectivity index (χ1) is 13.3. The van der Waals surface area contributed by atoms with E-state index < -0.39 is 0 Å². The zero-order valence-corrected chi connectivity index (χ0v) is 15.1. The fraction of sp³-hybridized carbons (Fsp3) is 0.333. The van der Waals surface area contributed by atoms with E-state index in [1.165, 1.54) is 6.42 Å². The Morgan fingerprint density at radius 1 is 1.07 bits per heavy atom. The SMILES string of the molecule is O=C(Nc1ccc(-n2cnc3ccccc32)cc1)N1C[C@@H]2CC[C@H]1CNC2. The lowest BCUT2D eigenvalue weighted by molar-refractivity contribution is 0.153. The van der Waals surface area contributed by atoms with Crippen molar-refractivity contribution >= 4 is 22.8 Å². The van der Waals surface area contributed by atoms with E-state index in [0.717, 1.165) is 48.5 Å². The van der Waals surface area contributed by atoms with Crippen molar-refractivity contribution in [3.05, 3.63) is 54.9 Å². The summed E-state index contributed by atoms with van der Waals surface area (Å²) < 4.78 is 2.06. The highest BCUT2D eigenvalue weighted by molar-refractivity contribution is 5.90. The number of piperidine rings is 1. The molecule has 2 amide bonds. The normalized spacial score (nSPS) is 22.0. The van der Waals surface area contributed by atoms with Crippen molar-refractivity contribution in [2.24, 2.45) is 5.92 Å². The Bertz CT molecular complexity index is 960. The lowest BCUT2D eigenvalue weighted by atomic mass is 9.95. The number of benzene rings is 2. The molecule has 6 heteroatoms. The molecule has 0 aliphatic carbocycles. The predicted molar refractivity (Wildman–Crippen MR) is 106 cm³/mol. The van der Waals surface area contributed by atoms with E-state index in [1.807, 2.05) is 53.7 Å². The summed E-state index contributed by atoms with van der Waals surface area (Å²) in [5.74, 6) is 0.575. The number of hydrogen-bond donors (Lipinski definition) is 2. The number of imidazole rings is 1. The third-order valence-electron chi connectivity index (χ3n) is 5.73. The molecule has 4 heterocycles. The maximum atomic E-state index is 12.8. The molecule has 3 aliphatic heterocycles. The molecule has 2 bridgehead atoms. The van der Waals surface area contributed by atoms with Crippen LogP contribution in [0, 0.1) is 5.92 Å². The molecule has 2 atom stereocenters. The number of aromatic nitrogens is 2. The molecule has 2 aromatic carbocycles. The number of nitrogens with zero attached hydrogens (tertiary/aromatic N) is 3. The molecule has 2 N–H and O–H groups in total. The van der Waals surface area contributed by atoms with E-state index >= 15 is 0 Å². The Morgan fingerprint density at radius 3 is 2.81 bits per heavy atom. The van der Waals surface area contributed by atoms with Crippen molar-refractivity contribution in [1.82, 2.24) is 19.8 Å². The van der Waals surface area contributed by atoms with Crippen LogP contribution < -0.4 is 10.6 Å². The minimum atomic E-state index is 0.00855. The number of anilines is 1. The Labute approximate surface area is 158 Å². The second kappa shape index (κ2) is 6.70. The molecule has 0 radical (unpaired) electrons. The highest BCUT2D eigenvalue weighted by Gasteiger charge is 2.34. The summed E-state index contributed by atoms with van der Waals surface area (Å²) in [4.78, 5) is 19.2. The molecule has 138 valence electrons. The Balaban J connectivity index is 1.33. The summed E-state index contributed by atoms with van der Waals surface area (Å²) in [6, 6.07) is 16.3. The molecular weight excluding hydrogens is 338 g/mol. The fourth-order valence-corrected chi connectivity index (χ4v) is 4.25. The number of rotatable bonds is 2. The predicted octanol–water partition coefficient (Wildman–Crippen LogP) is 3.24. The highest BCUT2D eigenvalue weighted by atomic mass is 16.2. The minimum Gasteiger partial charge on any atom is -0.320 e. The standard InChI is InChI=1S/C21H23N5O/c27-21(25-13-15-5-8-18(25)12-22-11-15)24-16-6-9-17(10-7-16)26-14-23-19-3-1-2-4-20(19)26/h1-4,6-7,9-10,14-15,18,22H,5,8,11-13H2,(H,24,27)/t15-,18+/m1/s1. The monoisotopic (exact) mass is 361 g/mol. The Kier molecular flexibility index (Phi) is 4.05. The number of amides is 2. The molecular formula is C21H23N5O. The van der Waals surface area contributed by atoms with Gasteiger partial charge in [0.15, 0.2) is 0 Å². The number of nitrogens with one attached hydrogen (secondary N) is 2. The van der Waals surface area contributed by atoms with E-state index in [9.17, 15) is 4.79 Å². The summed E-state index contributed by atoms with van der Waals surface area (Å²) >= 11 is 0. The van der Waals surface area contributed by atoms with Gasteiger partial charge in [-0.25, -0.2) is 9.78 Å². The number of hydrogen-bond acceptors (Lipinski definition) is 3. The van der Waals surface area contributed by atoms with Gasteiger partial charge in [0, 0.05) is 30.5 Å². The van der Waals surface area contributed by atoms with Crippen molar-refractivity contribution in [3.63, 3.8) is 0 Å². The Morgan fingerprint density at radius 2 is 1.93 bits per heavy atom. The van der Waals surface area contributed by atoms with Crippen LogP contribution in [0.2, 0.25) is 0 Å². The number of fused-ring (bicyclic) bond motifs is 5. The van der Waals surface area contributed by atoms with Gasteiger partial charge in [-0.15, -0.1) is 0 Å². The molecule has 3 aliphatic rings. The van der Waals surface area contributed by atoms with Gasteiger partial charge >= 0.3 is 6.03 Å². The van der Waals surface area contributed by atoms with Gasteiger partial charge in [0.25, 0.3) is 0 Å². The topological polar surface area (TPSA) is 62.2 Å². The smallest absolute Gasteiger partial charge is 0.320 e. The number of carbonyl (C=O) groups is 1. The summed E-state index contributed by atoms with van der Waals surface area (Å²) in [7, 11) is 0. The first-order valence-electron chi connectivity index (χ1n) is 9.59. The number of carbonyl (C=O) groups excluding carboxylic acids is 1. The first kappa shape index (κ1) is 16.3. The highest BCUT2D eigenvalue weighted by Crippen LogP contribution is 2.25. The Hall–Kier alpha value is -2.86. The zero-order valence-electron chi connectivity index (χ0n) is 15.1. The number of para-hydroxylation sites is 2. The largest absolute Gasteiger partial charge is 0.322 e. The zero-order chi connectivity index (χ0) is 18.2. The third kappa shape index (κ3) is 3.06. The molecule has 6 rings (SSSR count). The van der Waals surface area contributed by atoms with Gasteiger partial charge in [-0.1, -0.05) is 12.1 Å². The lowest BCUT2D eigenvalue weighted by Gasteiger charge is -2.36. The van der Waals surface area contributed by atoms with E-state index in [2.05, 4.69) is 26.3 Å². The van der Waals surface area contributed by atoms with Crippen LogP contribution in [0.15, 0.2) is 54.9 Å². The lowest BCUT2D eigenvalue weighted by Crippen LogP contribution is -2.49. The molecule has 3 aromatic rings. The molecule has 27 heavy (non-hydrogen) atoms. The summed E-state index contributed by atoms with van der Waals surface area (Å²) in [6.45, 7) is 2.77. The van der Waals surface area contributed by atoms with Gasteiger partial charge in [-0.3, -0.25) is 4.57 Å². The molecule has 1 aromatic heterocycles. The summed E-state index contributed by atoms with van der Waals surface area (Å²) in [5, 5.41) is 6.53. The average Bonchev–Trinajstić information content (AvgIpc) is 2.86. The van der Waals surface area contributed by atoms with E-state index in [4.69, 9.17) is 0 Å². The van der Waals surface area contributed by atoms with Crippen LogP contribution in [-0.2, 0) is 0 Å². The number of urea groups is 1. The van der Waals surface area contributed by atoms with Gasteiger partial charge in [-0.2, -0.15) is 0 Å². The van der Waals surface area contributed by atoms with Crippen molar-refractivity contribution < 1.29 is 4.79 Å². The molecule has 0 saturated carbocycles. The minimum absolute atomic E-state index is 0.00855. The quantitative estimate of drug-likeness (QED) is 0.737. The van der Waals surface area contributed by atoms with Gasteiger partial charge in [-0.05, 0) is 61.7 Å². The van der Waals surface area contributed by atoms with Gasteiger partial charge in [0.2, 0.25) is 0 Å². The van der Waals surface area contributed by atoms with Crippen LogP contribution >= 0.6 is 0 Å². The summed E-state index contributed by atoms with van der Waals surface area (Å²) in [5.41, 5.74) is 3.89. The third-order valence-corrected chi connectivity index (χ3v) is 5.73. The second-order valence-electron chi connectivity index (χ2n) is 7.49. The summed E-state index contributed by atoms with van der Waals surface area (Å²) in [6.07, 6.45) is 4.14. The van der Waals surface area contributed by atoms with E-state index in [-0.39, 0.29) is 6.03 Å². The molecule has 0 spiro atoms. The van der Waals surface area contributed by atoms with Crippen LogP contribution in [0.5, 0.6) is 0 Å². The molecule has 6 nitrogen and oxygen atoms in total. The van der Waals surface area contributed by atoms with Crippen molar-refractivity contribution in [2.75, 3.05) is 25.0 Å². The van der Waals surface area contributed by atoms with E-state index in [1.54, 1.807) is 0 Å². The average molecular weight is 361 g/mol. The maximum absolute atomic E-state index is 12.8. The van der Waals surface area contributed by atoms with Crippen LogP contribution in [0.4, 0.5) is 10.5 Å². The van der Waals surface area contributed by atoms with Gasteiger partial charge in [0.05, 0.1) is 11.0 Å². The fourth-order valence-electron chi connectivity index (χ4n) is 4.25. The van der Waals surface area contributed by atoms with Crippen LogP contribution in [0.25, 0.3) is 16.7 Å². The van der Waals surface area contributed by atoms with Crippen molar-refractivity contribution in [1.29, 1.82) is 0 Å². The van der Waals surface area contributed by atoms with Crippen LogP contribution in [0.3, 0.4) is 0 Å². The molecule has 3 fully saturated rings.